The molecular weight excluding hydrogens is 254 g/mol. The highest BCUT2D eigenvalue weighted by atomic mass is 16.1. The van der Waals surface area contributed by atoms with Gasteiger partial charge in [0.2, 0.25) is 0 Å². The van der Waals surface area contributed by atoms with Crippen LogP contribution in [-0.2, 0) is 0 Å². The van der Waals surface area contributed by atoms with Crippen molar-refractivity contribution in [3.8, 4) is 0 Å². The van der Waals surface area contributed by atoms with Gasteiger partial charge in [0, 0.05) is 17.3 Å². The molecule has 0 radical (unpaired) electrons. The van der Waals surface area contributed by atoms with Gasteiger partial charge in [-0.1, -0.05) is 6.07 Å². The maximum atomic E-state index is 12.2. The van der Waals surface area contributed by atoms with Crippen molar-refractivity contribution >= 4 is 16.8 Å². The van der Waals surface area contributed by atoms with Crippen LogP contribution in [0.1, 0.15) is 35.0 Å². The fraction of sp³-hybridized carbons (Fsp3) is 0.214. The molecule has 102 valence electrons. The summed E-state index contributed by atoms with van der Waals surface area (Å²) in [5.41, 5.74) is 1.55. The molecule has 0 bridgehead atoms. The lowest BCUT2D eigenvalue weighted by atomic mass is 10.1. The van der Waals surface area contributed by atoms with Gasteiger partial charge >= 0.3 is 0 Å². The molecule has 0 aliphatic heterocycles. The lowest BCUT2D eigenvalue weighted by Gasteiger charge is -2.10. The quantitative estimate of drug-likeness (QED) is 0.680. The molecule has 2 aromatic heterocycles. The van der Waals surface area contributed by atoms with E-state index >= 15 is 0 Å². The number of hydrogen-bond donors (Lipinski definition) is 3. The Labute approximate surface area is 115 Å². The fourth-order valence-electron chi connectivity index (χ4n) is 2.09. The lowest BCUT2D eigenvalue weighted by molar-refractivity contribution is 0.0938. The standard InChI is InChI=1S/C14H15N5O/c1-8(13-17-9(2)18-19-13)16-14(20)11-4-3-10-5-6-15-12(10)7-11/h3-8,15H,1-2H3,(H,16,20)(H,17,18,19)/t8-/m0/s1. The maximum absolute atomic E-state index is 12.2. The van der Waals surface area contributed by atoms with Gasteiger partial charge in [-0.25, -0.2) is 4.98 Å². The molecule has 0 saturated carbocycles. The lowest BCUT2D eigenvalue weighted by Crippen LogP contribution is -2.27. The number of aromatic nitrogens is 4. The summed E-state index contributed by atoms with van der Waals surface area (Å²) in [4.78, 5) is 19.5. The predicted molar refractivity (Wildman–Crippen MR) is 75.3 cm³/mol. The molecule has 0 fully saturated rings. The normalized spacial score (nSPS) is 12.5. The van der Waals surface area contributed by atoms with Crippen LogP contribution >= 0.6 is 0 Å². The van der Waals surface area contributed by atoms with E-state index in [9.17, 15) is 4.79 Å². The van der Waals surface area contributed by atoms with Crippen LogP contribution in [0.2, 0.25) is 0 Å². The summed E-state index contributed by atoms with van der Waals surface area (Å²) in [7, 11) is 0. The van der Waals surface area contributed by atoms with E-state index < -0.39 is 0 Å². The molecule has 0 saturated heterocycles. The number of fused-ring (bicyclic) bond motifs is 1. The molecule has 20 heavy (non-hydrogen) atoms. The van der Waals surface area contributed by atoms with Crippen LogP contribution in [0.15, 0.2) is 30.5 Å². The average Bonchev–Trinajstić information content (AvgIpc) is 3.05. The highest BCUT2D eigenvalue weighted by molar-refractivity contribution is 5.98. The number of hydrogen-bond acceptors (Lipinski definition) is 3. The molecule has 0 spiro atoms. The number of aryl methyl sites for hydroxylation is 1. The Morgan fingerprint density at radius 1 is 1.35 bits per heavy atom. The van der Waals surface area contributed by atoms with Crippen molar-refractivity contribution in [2.75, 3.05) is 0 Å². The summed E-state index contributed by atoms with van der Waals surface area (Å²) in [6.45, 7) is 3.68. The third-order valence-electron chi connectivity index (χ3n) is 3.17. The molecule has 1 aromatic carbocycles. The van der Waals surface area contributed by atoms with Crippen molar-refractivity contribution in [3.05, 3.63) is 47.7 Å². The first-order valence-electron chi connectivity index (χ1n) is 6.40. The zero-order chi connectivity index (χ0) is 14.1. The molecule has 2 heterocycles. The molecule has 0 aliphatic rings. The number of nitrogens with one attached hydrogen (secondary N) is 3. The molecule has 3 aromatic rings. The predicted octanol–water partition coefficient (Wildman–Crippen LogP) is 2.09. The number of benzene rings is 1. The number of carbonyl (C=O) groups excluding carboxylic acids is 1. The second-order valence-electron chi connectivity index (χ2n) is 4.75. The van der Waals surface area contributed by atoms with Crippen molar-refractivity contribution in [2.45, 2.75) is 19.9 Å². The topological polar surface area (TPSA) is 86.5 Å². The first-order valence-corrected chi connectivity index (χ1v) is 6.40. The van der Waals surface area contributed by atoms with E-state index in [0.717, 1.165) is 16.7 Å². The third kappa shape index (κ3) is 2.27. The Balaban J connectivity index is 1.78. The van der Waals surface area contributed by atoms with Crippen LogP contribution in [0.4, 0.5) is 0 Å². The van der Waals surface area contributed by atoms with Crippen molar-refractivity contribution in [1.82, 2.24) is 25.5 Å². The second-order valence-corrected chi connectivity index (χ2v) is 4.75. The molecule has 3 N–H and O–H groups in total. The van der Waals surface area contributed by atoms with Gasteiger partial charge in [-0.15, -0.1) is 0 Å². The SMILES string of the molecule is Cc1nc([C@H](C)NC(=O)c2ccc3cc[nH]c3c2)n[nH]1. The number of aromatic amines is 2. The Morgan fingerprint density at radius 3 is 2.95 bits per heavy atom. The van der Waals surface area contributed by atoms with Gasteiger partial charge in [-0.3, -0.25) is 9.89 Å². The third-order valence-corrected chi connectivity index (χ3v) is 3.17. The minimum Gasteiger partial charge on any atom is -0.361 e. The zero-order valence-corrected chi connectivity index (χ0v) is 11.3. The Hall–Kier alpha value is -2.63. The minimum absolute atomic E-state index is 0.142. The second kappa shape index (κ2) is 4.80. The van der Waals surface area contributed by atoms with E-state index in [4.69, 9.17) is 0 Å². The first-order chi connectivity index (χ1) is 9.63. The number of H-pyrrole nitrogens is 2. The van der Waals surface area contributed by atoms with Crippen molar-refractivity contribution in [1.29, 1.82) is 0 Å². The summed E-state index contributed by atoms with van der Waals surface area (Å²) < 4.78 is 0. The molecule has 3 rings (SSSR count). The van der Waals surface area contributed by atoms with Crippen LogP contribution in [0.25, 0.3) is 10.9 Å². The largest absolute Gasteiger partial charge is 0.361 e. The number of amides is 1. The van der Waals surface area contributed by atoms with Gasteiger partial charge in [-0.2, -0.15) is 5.10 Å². The molecule has 0 aliphatic carbocycles. The van der Waals surface area contributed by atoms with Gasteiger partial charge in [0.05, 0.1) is 6.04 Å². The van der Waals surface area contributed by atoms with E-state index in [1.54, 1.807) is 6.07 Å². The minimum atomic E-state index is -0.244. The Morgan fingerprint density at radius 2 is 2.20 bits per heavy atom. The van der Waals surface area contributed by atoms with Crippen LogP contribution in [0.3, 0.4) is 0 Å². The van der Waals surface area contributed by atoms with E-state index in [1.165, 1.54) is 0 Å². The van der Waals surface area contributed by atoms with E-state index in [2.05, 4.69) is 25.5 Å². The molecule has 0 unspecified atom stereocenters. The van der Waals surface area contributed by atoms with Crippen molar-refractivity contribution in [2.24, 2.45) is 0 Å². The highest BCUT2D eigenvalue weighted by Crippen LogP contribution is 2.15. The summed E-state index contributed by atoms with van der Waals surface area (Å²) in [6.07, 6.45) is 1.85. The van der Waals surface area contributed by atoms with Gasteiger partial charge in [0.15, 0.2) is 5.82 Å². The summed E-state index contributed by atoms with van der Waals surface area (Å²) in [5.74, 6) is 1.17. The first kappa shape index (κ1) is 12.4. The van der Waals surface area contributed by atoms with Gasteiger partial charge in [0.25, 0.3) is 5.91 Å². The van der Waals surface area contributed by atoms with E-state index in [-0.39, 0.29) is 11.9 Å². The summed E-state index contributed by atoms with van der Waals surface area (Å²) in [6, 6.07) is 7.28. The molecule has 6 heteroatoms. The van der Waals surface area contributed by atoms with Crippen LogP contribution in [-0.4, -0.2) is 26.1 Å². The average molecular weight is 269 g/mol. The smallest absolute Gasteiger partial charge is 0.251 e. The number of carbonyl (C=O) groups is 1. The summed E-state index contributed by atoms with van der Waals surface area (Å²) in [5, 5.41) is 10.8. The van der Waals surface area contributed by atoms with Gasteiger partial charge in [0.1, 0.15) is 5.82 Å². The van der Waals surface area contributed by atoms with Crippen LogP contribution in [0, 0.1) is 6.92 Å². The van der Waals surface area contributed by atoms with Crippen LogP contribution in [0.5, 0.6) is 0 Å². The van der Waals surface area contributed by atoms with E-state index in [1.807, 2.05) is 38.2 Å². The monoisotopic (exact) mass is 269 g/mol. The molecule has 1 atom stereocenters. The van der Waals surface area contributed by atoms with Gasteiger partial charge < -0.3 is 10.3 Å². The Bertz CT molecular complexity index is 758. The Kier molecular flexibility index (Phi) is 2.98. The molecular formula is C14H15N5O. The maximum Gasteiger partial charge on any atom is 0.251 e. The molecule has 6 nitrogen and oxygen atoms in total. The van der Waals surface area contributed by atoms with Crippen molar-refractivity contribution in [3.63, 3.8) is 0 Å². The number of rotatable bonds is 3. The van der Waals surface area contributed by atoms with Crippen LogP contribution < -0.4 is 5.32 Å². The molecule has 1 amide bonds. The summed E-state index contributed by atoms with van der Waals surface area (Å²) >= 11 is 0. The fourth-order valence-corrected chi connectivity index (χ4v) is 2.09. The highest BCUT2D eigenvalue weighted by Gasteiger charge is 2.15. The zero-order valence-electron chi connectivity index (χ0n) is 11.3. The van der Waals surface area contributed by atoms with E-state index in [0.29, 0.717) is 11.4 Å². The van der Waals surface area contributed by atoms with Crippen molar-refractivity contribution < 1.29 is 4.79 Å². The van der Waals surface area contributed by atoms with Gasteiger partial charge in [-0.05, 0) is 37.4 Å². The number of nitrogens with zero attached hydrogens (tertiary/aromatic N) is 2.